The third kappa shape index (κ3) is 4.27. The molecule has 166 valence electrons. The van der Waals surface area contributed by atoms with Gasteiger partial charge in [0.25, 0.3) is 5.91 Å². The van der Waals surface area contributed by atoms with Crippen molar-refractivity contribution in [3.05, 3.63) is 58.9 Å². The van der Waals surface area contributed by atoms with E-state index in [0.29, 0.717) is 22.9 Å². The third-order valence-electron chi connectivity index (χ3n) is 5.77. The number of fused-ring (bicyclic) bond motifs is 1. The summed E-state index contributed by atoms with van der Waals surface area (Å²) in [6.07, 6.45) is -4.54. The van der Waals surface area contributed by atoms with Crippen LogP contribution in [0.2, 0.25) is 0 Å². The van der Waals surface area contributed by atoms with Crippen molar-refractivity contribution in [3.8, 4) is 5.75 Å². The quantitative estimate of drug-likeness (QED) is 0.515. The summed E-state index contributed by atoms with van der Waals surface area (Å²) in [5.41, 5.74) is -1.70. The molecule has 0 saturated carbocycles. The van der Waals surface area contributed by atoms with E-state index in [-0.39, 0.29) is 23.9 Å². The standard InChI is InChI=1S/C22H22F4N2O3/c1-12(17-6-4-15(23)9-19(17)31-3)13(2)21(30,22(24,25)26)11-28-16-5-7-18-14(8-16)10-27-20(18)29/h4-9,11-13,30H,10H2,1-3H3,(H,27,29)/b28-11+. The minimum atomic E-state index is -5.02. The number of aliphatic imine (C=N–C) groups is 1. The van der Waals surface area contributed by atoms with Crippen molar-refractivity contribution in [2.24, 2.45) is 10.9 Å². The van der Waals surface area contributed by atoms with Crippen molar-refractivity contribution >= 4 is 17.8 Å². The van der Waals surface area contributed by atoms with Crippen LogP contribution in [0.1, 0.15) is 41.3 Å². The van der Waals surface area contributed by atoms with E-state index in [1.165, 1.54) is 45.2 Å². The summed E-state index contributed by atoms with van der Waals surface area (Å²) in [4.78, 5) is 15.5. The first-order valence-corrected chi connectivity index (χ1v) is 9.57. The summed E-state index contributed by atoms with van der Waals surface area (Å²) in [6.45, 7) is 3.01. The van der Waals surface area contributed by atoms with Crippen LogP contribution < -0.4 is 10.1 Å². The Bertz CT molecular complexity index is 1020. The van der Waals surface area contributed by atoms with Crippen LogP contribution in [0.5, 0.6) is 5.75 Å². The number of nitrogens with zero attached hydrogens (tertiary/aromatic N) is 1. The topological polar surface area (TPSA) is 70.9 Å². The molecule has 1 aliphatic heterocycles. The predicted octanol–water partition coefficient (Wildman–Crippen LogP) is 4.51. The molecule has 1 aliphatic rings. The average Bonchev–Trinajstić information content (AvgIpc) is 3.10. The first-order valence-electron chi connectivity index (χ1n) is 9.57. The Morgan fingerprint density at radius 3 is 2.55 bits per heavy atom. The lowest BCUT2D eigenvalue weighted by Crippen LogP contribution is -2.53. The van der Waals surface area contributed by atoms with E-state index in [9.17, 15) is 27.5 Å². The minimum Gasteiger partial charge on any atom is -0.496 e. The number of hydrogen-bond donors (Lipinski definition) is 2. The second-order valence-corrected chi connectivity index (χ2v) is 7.57. The lowest BCUT2D eigenvalue weighted by atomic mass is 9.77. The number of benzene rings is 2. The van der Waals surface area contributed by atoms with Crippen LogP contribution in [-0.2, 0) is 6.54 Å². The van der Waals surface area contributed by atoms with Gasteiger partial charge < -0.3 is 15.2 Å². The lowest BCUT2D eigenvalue weighted by Gasteiger charge is -2.36. The van der Waals surface area contributed by atoms with Crippen LogP contribution in [0.3, 0.4) is 0 Å². The number of amides is 1. The zero-order chi connectivity index (χ0) is 23.0. The molecule has 2 aromatic rings. The highest BCUT2D eigenvalue weighted by Gasteiger charge is 2.57. The molecule has 0 saturated heterocycles. The Kier molecular flexibility index (Phi) is 6.09. The van der Waals surface area contributed by atoms with Gasteiger partial charge in [0.15, 0.2) is 5.60 Å². The van der Waals surface area contributed by atoms with Gasteiger partial charge in [-0.15, -0.1) is 0 Å². The summed E-state index contributed by atoms with van der Waals surface area (Å²) in [5, 5.41) is 13.3. The molecular weight excluding hydrogens is 416 g/mol. The number of ether oxygens (including phenoxy) is 1. The van der Waals surface area contributed by atoms with Crippen molar-refractivity contribution in [3.63, 3.8) is 0 Å². The van der Waals surface area contributed by atoms with E-state index < -0.39 is 29.4 Å². The molecule has 1 amide bonds. The Balaban J connectivity index is 1.95. The molecule has 2 aromatic carbocycles. The van der Waals surface area contributed by atoms with Gasteiger partial charge in [0.05, 0.1) is 12.8 Å². The number of methoxy groups -OCH3 is 1. The number of carbonyl (C=O) groups excluding carboxylic acids is 1. The molecule has 31 heavy (non-hydrogen) atoms. The average molecular weight is 438 g/mol. The van der Waals surface area contributed by atoms with E-state index in [2.05, 4.69) is 10.3 Å². The van der Waals surface area contributed by atoms with Crippen molar-refractivity contribution in [2.75, 3.05) is 7.11 Å². The monoisotopic (exact) mass is 438 g/mol. The summed E-state index contributed by atoms with van der Waals surface area (Å²) >= 11 is 0. The molecule has 3 rings (SSSR count). The summed E-state index contributed by atoms with van der Waals surface area (Å²) in [7, 11) is 1.29. The molecule has 0 fully saturated rings. The molecular formula is C22H22F4N2O3. The highest BCUT2D eigenvalue weighted by Crippen LogP contribution is 2.44. The maximum Gasteiger partial charge on any atom is 0.422 e. The van der Waals surface area contributed by atoms with Crippen LogP contribution in [0.25, 0.3) is 0 Å². The Hall–Kier alpha value is -2.94. The van der Waals surface area contributed by atoms with Gasteiger partial charge in [-0.25, -0.2) is 4.39 Å². The van der Waals surface area contributed by atoms with Gasteiger partial charge >= 0.3 is 6.18 Å². The van der Waals surface area contributed by atoms with E-state index in [4.69, 9.17) is 4.74 Å². The molecule has 1 heterocycles. The molecule has 0 bridgehead atoms. The Morgan fingerprint density at radius 1 is 1.19 bits per heavy atom. The first kappa shape index (κ1) is 22.7. The van der Waals surface area contributed by atoms with Crippen LogP contribution in [0.4, 0.5) is 23.2 Å². The second-order valence-electron chi connectivity index (χ2n) is 7.57. The zero-order valence-electron chi connectivity index (χ0n) is 17.1. The number of rotatable bonds is 6. The van der Waals surface area contributed by atoms with Crippen LogP contribution in [0.15, 0.2) is 41.4 Å². The Morgan fingerprint density at radius 2 is 1.90 bits per heavy atom. The fourth-order valence-electron chi connectivity index (χ4n) is 3.63. The largest absolute Gasteiger partial charge is 0.496 e. The summed E-state index contributed by atoms with van der Waals surface area (Å²) < 4.78 is 60.5. The maximum atomic E-state index is 14.0. The number of hydrogen-bond acceptors (Lipinski definition) is 4. The lowest BCUT2D eigenvalue weighted by molar-refractivity contribution is -0.246. The van der Waals surface area contributed by atoms with E-state index >= 15 is 0 Å². The highest BCUT2D eigenvalue weighted by molar-refractivity contribution is 5.98. The summed E-state index contributed by atoms with van der Waals surface area (Å²) in [6, 6.07) is 7.94. The fraction of sp³-hybridized carbons (Fsp3) is 0.364. The fourth-order valence-corrected chi connectivity index (χ4v) is 3.63. The van der Waals surface area contributed by atoms with Crippen molar-refractivity contribution in [1.29, 1.82) is 0 Å². The van der Waals surface area contributed by atoms with Crippen LogP contribution in [0, 0.1) is 11.7 Å². The van der Waals surface area contributed by atoms with Crippen molar-refractivity contribution in [1.82, 2.24) is 5.32 Å². The SMILES string of the molecule is COc1cc(F)ccc1C(C)C(C)C(O)(/C=N/c1ccc2c(c1)CNC2=O)C(F)(F)F. The molecule has 5 nitrogen and oxygen atoms in total. The van der Waals surface area contributed by atoms with E-state index in [1.807, 2.05) is 0 Å². The predicted molar refractivity (Wildman–Crippen MR) is 107 cm³/mol. The molecule has 0 aliphatic carbocycles. The van der Waals surface area contributed by atoms with E-state index in [1.54, 1.807) is 0 Å². The van der Waals surface area contributed by atoms with Crippen molar-refractivity contribution in [2.45, 2.75) is 38.1 Å². The smallest absolute Gasteiger partial charge is 0.422 e. The van der Waals surface area contributed by atoms with Gasteiger partial charge in [0, 0.05) is 30.3 Å². The molecule has 9 heteroatoms. The van der Waals surface area contributed by atoms with Crippen molar-refractivity contribution < 1.29 is 32.2 Å². The van der Waals surface area contributed by atoms with Gasteiger partial charge in [-0.3, -0.25) is 9.79 Å². The van der Waals surface area contributed by atoms with Crippen LogP contribution in [-0.4, -0.2) is 36.1 Å². The summed E-state index contributed by atoms with van der Waals surface area (Å²) in [5.74, 6) is -2.98. The van der Waals surface area contributed by atoms with Crippen LogP contribution >= 0.6 is 0 Å². The molecule has 0 aromatic heterocycles. The van der Waals surface area contributed by atoms with Gasteiger partial charge in [-0.1, -0.05) is 19.9 Å². The molecule has 0 radical (unpaired) electrons. The third-order valence-corrected chi connectivity index (χ3v) is 5.77. The normalized spacial score (nSPS) is 17.7. The molecule has 0 spiro atoms. The zero-order valence-corrected chi connectivity index (χ0v) is 17.1. The van der Waals surface area contributed by atoms with Gasteiger partial charge in [-0.05, 0) is 41.3 Å². The maximum absolute atomic E-state index is 14.0. The molecule has 2 N–H and O–H groups in total. The number of alkyl halides is 3. The number of aliphatic hydroxyl groups is 1. The second kappa shape index (κ2) is 8.30. The number of carbonyl (C=O) groups is 1. The minimum absolute atomic E-state index is 0.0941. The first-order chi connectivity index (χ1) is 14.5. The molecule has 3 atom stereocenters. The van der Waals surface area contributed by atoms with Gasteiger partial charge in [0.2, 0.25) is 0 Å². The molecule has 3 unspecified atom stereocenters. The Labute approximate surface area is 176 Å². The number of nitrogens with one attached hydrogen (secondary N) is 1. The van der Waals surface area contributed by atoms with E-state index in [0.717, 1.165) is 12.1 Å². The van der Waals surface area contributed by atoms with Gasteiger partial charge in [0.1, 0.15) is 11.6 Å². The van der Waals surface area contributed by atoms with Gasteiger partial charge in [-0.2, -0.15) is 13.2 Å². The number of halogens is 4. The highest BCUT2D eigenvalue weighted by atomic mass is 19.4.